The first-order chi connectivity index (χ1) is 13.5. The fourth-order valence-electron chi connectivity index (χ4n) is 3.02. The molecule has 0 bridgehead atoms. The Hall–Kier alpha value is -2.54. The Kier molecular flexibility index (Phi) is 6.92. The molecule has 0 saturated heterocycles. The van der Waals surface area contributed by atoms with Crippen molar-refractivity contribution in [1.82, 2.24) is 10.3 Å². The summed E-state index contributed by atoms with van der Waals surface area (Å²) in [5.74, 6) is -1.20. The van der Waals surface area contributed by atoms with E-state index >= 15 is 0 Å². The van der Waals surface area contributed by atoms with Crippen molar-refractivity contribution in [2.45, 2.75) is 38.6 Å². The van der Waals surface area contributed by atoms with Gasteiger partial charge >= 0.3 is 5.97 Å². The van der Waals surface area contributed by atoms with E-state index in [0.717, 1.165) is 0 Å². The Bertz CT molecular complexity index is 802. The van der Waals surface area contributed by atoms with Crippen molar-refractivity contribution in [2.24, 2.45) is 5.92 Å². The highest BCUT2D eigenvalue weighted by atomic mass is 19.1. The van der Waals surface area contributed by atoms with Gasteiger partial charge in [0.05, 0.1) is 12.3 Å². The van der Waals surface area contributed by atoms with Crippen LogP contribution in [0, 0.1) is 17.6 Å². The smallest absolute Gasteiger partial charge is 0.303 e. The molecule has 3 rings (SSSR count). The highest BCUT2D eigenvalue weighted by Gasteiger charge is 2.18. The molecule has 2 N–H and O–H groups in total. The molecular weight excluding hydrogens is 366 g/mol. The van der Waals surface area contributed by atoms with Crippen molar-refractivity contribution < 1.29 is 23.4 Å². The summed E-state index contributed by atoms with van der Waals surface area (Å²) in [6.07, 6.45) is 3.99. The zero-order chi connectivity index (χ0) is 19.9. The zero-order valence-electron chi connectivity index (χ0n) is 15.6. The molecule has 0 amide bonds. The lowest BCUT2D eigenvalue weighted by Gasteiger charge is -2.24. The SMILES string of the molecule is O=C(O)CCCNCc1c(F)cc(-c2cccc(OCC3CCC3)n2)cc1F. The number of nitrogens with one attached hydrogen (secondary N) is 1. The van der Waals surface area contributed by atoms with Gasteiger partial charge in [-0.15, -0.1) is 0 Å². The number of hydrogen-bond acceptors (Lipinski definition) is 4. The summed E-state index contributed by atoms with van der Waals surface area (Å²) >= 11 is 0. The normalized spacial score (nSPS) is 13.9. The molecule has 1 aliphatic carbocycles. The first-order valence-electron chi connectivity index (χ1n) is 9.53. The molecule has 1 saturated carbocycles. The topological polar surface area (TPSA) is 71.5 Å². The minimum absolute atomic E-state index is 0.00443. The third-order valence-corrected chi connectivity index (χ3v) is 4.90. The van der Waals surface area contributed by atoms with Crippen LogP contribution in [0.25, 0.3) is 11.3 Å². The molecule has 1 aromatic carbocycles. The predicted molar refractivity (Wildman–Crippen MR) is 101 cm³/mol. The van der Waals surface area contributed by atoms with Crippen molar-refractivity contribution in [3.63, 3.8) is 0 Å². The van der Waals surface area contributed by atoms with Gasteiger partial charge in [0.1, 0.15) is 11.6 Å². The first-order valence-corrected chi connectivity index (χ1v) is 9.53. The highest BCUT2D eigenvalue weighted by molar-refractivity contribution is 5.66. The lowest BCUT2D eigenvalue weighted by atomic mass is 9.86. The van der Waals surface area contributed by atoms with Gasteiger partial charge in [0.2, 0.25) is 5.88 Å². The molecule has 28 heavy (non-hydrogen) atoms. The molecule has 1 heterocycles. The summed E-state index contributed by atoms with van der Waals surface area (Å²) in [5, 5.41) is 11.5. The molecule has 7 heteroatoms. The maximum atomic E-state index is 14.4. The molecule has 0 aliphatic heterocycles. The van der Waals surface area contributed by atoms with Gasteiger partial charge < -0.3 is 15.2 Å². The lowest BCUT2D eigenvalue weighted by Crippen LogP contribution is -2.19. The third kappa shape index (κ3) is 5.48. The van der Waals surface area contributed by atoms with Crippen molar-refractivity contribution in [1.29, 1.82) is 0 Å². The Balaban J connectivity index is 1.63. The van der Waals surface area contributed by atoms with Crippen LogP contribution < -0.4 is 10.1 Å². The molecule has 5 nitrogen and oxygen atoms in total. The number of ether oxygens (including phenoxy) is 1. The largest absolute Gasteiger partial charge is 0.481 e. The number of aromatic nitrogens is 1. The molecule has 1 fully saturated rings. The first kappa shape index (κ1) is 20.2. The molecule has 0 unspecified atom stereocenters. The number of aliphatic carboxylic acids is 1. The summed E-state index contributed by atoms with van der Waals surface area (Å²) in [5.41, 5.74) is 0.722. The van der Waals surface area contributed by atoms with Crippen molar-refractivity contribution in [3.05, 3.63) is 47.5 Å². The summed E-state index contributed by atoms with van der Waals surface area (Å²) in [6.45, 7) is 0.982. The summed E-state index contributed by atoms with van der Waals surface area (Å²) in [4.78, 5) is 14.8. The minimum Gasteiger partial charge on any atom is -0.481 e. The third-order valence-electron chi connectivity index (χ3n) is 4.90. The van der Waals surface area contributed by atoms with E-state index in [0.29, 0.717) is 42.6 Å². The van der Waals surface area contributed by atoms with E-state index in [9.17, 15) is 13.6 Å². The molecule has 1 aromatic heterocycles. The fraction of sp³-hybridized carbons (Fsp3) is 0.429. The molecule has 2 aromatic rings. The zero-order valence-corrected chi connectivity index (χ0v) is 15.6. The van der Waals surface area contributed by atoms with E-state index in [1.807, 2.05) is 0 Å². The highest BCUT2D eigenvalue weighted by Crippen LogP contribution is 2.28. The lowest BCUT2D eigenvalue weighted by molar-refractivity contribution is -0.137. The fourth-order valence-corrected chi connectivity index (χ4v) is 3.02. The molecule has 0 atom stereocenters. The summed E-state index contributed by atoms with van der Waals surface area (Å²) in [7, 11) is 0. The summed E-state index contributed by atoms with van der Waals surface area (Å²) in [6, 6.07) is 7.70. The molecule has 150 valence electrons. The second-order valence-corrected chi connectivity index (χ2v) is 7.06. The van der Waals surface area contributed by atoms with Crippen LogP contribution in [0.1, 0.15) is 37.7 Å². The van der Waals surface area contributed by atoms with Crippen LogP contribution >= 0.6 is 0 Å². The number of halogens is 2. The second kappa shape index (κ2) is 9.59. The Morgan fingerprint density at radius 2 is 2.00 bits per heavy atom. The van der Waals surface area contributed by atoms with Crippen LogP contribution in [-0.2, 0) is 11.3 Å². The molecular formula is C21H24F2N2O3. The second-order valence-electron chi connectivity index (χ2n) is 7.06. The number of carboxylic acid groups (broad SMARTS) is 1. The molecule has 1 aliphatic rings. The standard InChI is InChI=1S/C21H24F2N2O3/c22-17-10-15(11-18(23)16(17)12-24-9-3-8-21(26)27)19-6-2-7-20(25-19)28-13-14-4-1-5-14/h2,6-7,10-11,14,24H,1,3-5,8-9,12-13H2,(H,26,27). The Labute approximate surface area is 162 Å². The number of pyridine rings is 1. The van der Waals surface area contributed by atoms with Crippen LogP contribution in [0.3, 0.4) is 0 Å². The van der Waals surface area contributed by atoms with Crippen LogP contribution in [0.5, 0.6) is 5.88 Å². The predicted octanol–water partition coefficient (Wildman–Crippen LogP) is 4.16. The van der Waals surface area contributed by atoms with Crippen LogP contribution in [0.2, 0.25) is 0 Å². The number of nitrogens with zero attached hydrogens (tertiary/aromatic N) is 1. The van der Waals surface area contributed by atoms with E-state index in [4.69, 9.17) is 9.84 Å². The summed E-state index contributed by atoms with van der Waals surface area (Å²) < 4.78 is 34.5. The molecule has 0 radical (unpaired) electrons. The van der Waals surface area contributed by atoms with Crippen molar-refractivity contribution in [2.75, 3.05) is 13.2 Å². The maximum Gasteiger partial charge on any atom is 0.303 e. The van der Waals surface area contributed by atoms with E-state index in [-0.39, 0.29) is 18.5 Å². The van der Waals surface area contributed by atoms with Gasteiger partial charge in [0.25, 0.3) is 0 Å². The van der Waals surface area contributed by atoms with E-state index in [1.54, 1.807) is 18.2 Å². The van der Waals surface area contributed by atoms with Gasteiger partial charge in [-0.25, -0.2) is 13.8 Å². The van der Waals surface area contributed by atoms with Crippen molar-refractivity contribution in [3.8, 4) is 17.1 Å². The quantitative estimate of drug-likeness (QED) is 0.596. The van der Waals surface area contributed by atoms with Gasteiger partial charge in [-0.05, 0) is 49.9 Å². The monoisotopic (exact) mass is 390 g/mol. The van der Waals surface area contributed by atoms with Crippen LogP contribution in [-0.4, -0.2) is 29.2 Å². The van der Waals surface area contributed by atoms with Crippen molar-refractivity contribution >= 4 is 5.97 Å². The number of benzene rings is 1. The van der Waals surface area contributed by atoms with Gasteiger partial charge in [0.15, 0.2) is 0 Å². The van der Waals surface area contributed by atoms with Gasteiger partial charge in [0, 0.05) is 30.2 Å². The Morgan fingerprint density at radius 1 is 1.25 bits per heavy atom. The van der Waals surface area contributed by atoms with Gasteiger partial charge in [-0.2, -0.15) is 0 Å². The Morgan fingerprint density at radius 3 is 2.64 bits per heavy atom. The minimum atomic E-state index is -0.894. The average molecular weight is 390 g/mol. The van der Waals surface area contributed by atoms with Crippen LogP contribution in [0.15, 0.2) is 30.3 Å². The average Bonchev–Trinajstić information content (AvgIpc) is 2.62. The van der Waals surface area contributed by atoms with E-state index in [1.165, 1.54) is 31.4 Å². The number of rotatable bonds is 10. The van der Waals surface area contributed by atoms with Gasteiger partial charge in [-0.3, -0.25) is 4.79 Å². The number of carboxylic acids is 1. The number of hydrogen-bond donors (Lipinski definition) is 2. The van der Waals surface area contributed by atoms with E-state index < -0.39 is 17.6 Å². The maximum absolute atomic E-state index is 14.4. The van der Waals surface area contributed by atoms with E-state index in [2.05, 4.69) is 10.3 Å². The van der Waals surface area contributed by atoms with Gasteiger partial charge in [-0.1, -0.05) is 12.5 Å². The molecule has 0 spiro atoms. The number of carbonyl (C=O) groups is 1. The van der Waals surface area contributed by atoms with Crippen LogP contribution in [0.4, 0.5) is 8.78 Å².